The van der Waals surface area contributed by atoms with Gasteiger partial charge in [0.1, 0.15) is 5.82 Å². The molecule has 22 heavy (non-hydrogen) atoms. The smallest absolute Gasteiger partial charge is 0.304 e. The molecule has 5 nitrogen and oxygen atoms in total. The van der Waals surface area contributed by atoms with Crippen LogP contribution in [0.15, 0.2) is 18.2 Å². The first-order valence-corrected chi connectivity index (χ1v) is 7.39. The molecule has 1 aliphatic heterocycles. The number of carboxylic acid groups (broad SMARTS) is 1. The highest BCUT2D eigenvalue weighted by atomic mass is 19.1. The molecule has 1 atom stereocenters. The predicted octanol–water partition coefficient (Wildman–Crippen LogP) is 1.76. The summed E-state index contributed by atoms with van der Waals surface area (Å²) in [5.41, 5.74) is 1.08. The standard InChI is InChI=1S/C16H21FN2O3/c1-11-7-13(10-14(17)8-11)16(22)19-5-3-18(4-6-19)12(2)9-15(20)21/h7-8,10,12H,3-6,9H2,1-2H3,(H,20,21). The zero-order valence-electron chi connectivity index (χ0n) is 12.9. The van der Waals surface area contributed by atoms with Crippen molar-refractivity contribution in [2.75, 3.05) is 26.2 Å². The van der Waals surface area contributed by atoms with E-state index in [0.29, 0.717) is 31.7 Å². The van der Waals surface area contributed by atoms with Gasteiger partial charge in [0.05, 0.1) is 6.42 Å². The number of hydrogen-bond acceptors (Lipinski definition) is 3. The SMILES string of the molecule is Cc1cc(F)cc(C(=O)N2CCN(C(C)CC(=O)O)CC2)c1. The number of nitrogens with zero attached hydrogens (tertiary/aromatic N) is 2. The number of carbonyl (C=O) groups excluding carboxylic acids is 1. The Kier molecular flexibility index (Phi) is 5.13. The molecule has 6 heteroatoms. The molecule has 1 aliphatic rings. The summed E-state index contributed by atoms with van der Waals surface area (Å²) in [7, 11) is 0. The maximum atomic E-state index is 13.4. The van der Waals surface area contributed by atoms with Crippen LogP contribution in [0.25, 0.3) is 0 Å². The Bertz CT molecular complexity index is 548. The lowest BCUT2D eigenvalue weighted by atomic mass is 10.1. The molecule has 1 saturated heterocycles. The van der Waals surface area contributed by atoms with Gasteiger partial charge in [-0.25, -0.2) is 4.39 Å². The van der Waals surface area contributed by atoms with Crippen LogP contribution in [0.2, 0.25) is 0 Å². The molecule has 0 spiro atoms. The van der Waals surface area contributed by atoms with Gasteiger partial charge in [-0.05, 0) is 37.6 Å². The lowest BCUT2D eigenvalue weighted by molar-refractivity contribution is -0.138. The molecule has 2 rings (SSSR count). The van der Waals surface area contributed by atoms with Crippen molar-refractivity contribution in [3.05, 3.63) is 35.1 Å². The van der Waals surface area contributed by atoms with E-state index in [1.165, 1.54) is 12.1 Å². The molecule has 1 N–H and O–H groups in total. The van der Waals surface area contributed by atoms with Crippen LogP contribution in [-0.2, 0) is 4.79 Å². The van der Waals surface area contributed by atoms with Crippen molar-refractivity contribution in [2.45, 2.75) is 26.3 Å². The van der Waals surface area contributed by atoms with Crippen LogP contribution in [0.5, 0.6) is 0 Å². The second-order valence-corrected chi connectivity index (χ2v) is 5.79. The number of hydrogen-bond donors (Lipinski definition) is 1. The Balaban J connectivity index is 1.96. The summed E-state index contributed by atoms with van der Waals surface area (Å²) in [6.07, 6.45) is 0.0943. The van der Waals surface area contributed by atoms with Crippen molar-refractivity contribution in [3.63, 3.8) is 0 Å². The van der Waals surface area contributed by atoms with Crippen LogP contribution < -0.4 is 0 Å². The van der Waals surface area contributed by atoms with E-state index in [1.54, 1.807) is 17.9 Å². The minimum Gasteiger partial charge on any atom is -0.481 e. The van der Waals surface area contributed by atoms with E-state index in [2.05, 4.69) is 4.90 Å². The van der Waals surface area contributed by atoms with Gasteiger partial charge in [0.15, 0.2) is 0 Å². The first-order chi connectivity index (χ1) is 10.4. The molecule has 1 unspecified atom stereocenters. The van der Waals surface area contributed by atoms with Crippen molar-refractivity contribution >= 4 is 11.9 Å². The van der Waals surface area contributed by atoms with Crippen LogP contribution in [0.3, 0.4) is 0 Å². The summed E-state index contributed by atoms with van der Waals surface area (Å²) in [6, 6.07) is 4.29. The van der Waals surface area contributed by atoms with Gasteiger partial charge in [-0.3, -0.25) is 14.5 Å². The third-order valence-electron chi connectivity index (χ3n) is 3.98. The average molecular weight is 308 g/mol. The number of piperazine rings is 1. The van der Waals surface area contributed by atoms with Gasteiger partial charge in [0, 0.05) is 37.8 Å². The minimum atomic E-state index is -0.818. The lowest BCUT2D eigenvalue weighted by Crippen LogP contribution is -2.51. The molecular formula is C16H21FN2O3. The molecule has 1 aromatic rings. The molecule has 1 aromatic carbocycles. The normalized spacial score (nSPS) is 17.3. The molecule has 0 aliphatic carbocycles. The number of halogens is 1. The number of rotatable bonds is 4. The van der Waals surface area contributed by atoms with Crippen molar-refractivity contribution in [2.24, 2.45) is 0 Å². The van der Waals surface area contributed by atoms with Crippen molar-refractivity contribution in [1.29, 1.82) is 0 Å². The second kappa shape index (κ2) is 6.87. The molecule has 0 radical (unpaired) electrons. The maximum Gasteiger partial charge on any atom is 0.304 e. The third-order valence-corrected chi connectivity index (χ3v) is 3.98. The molecule has 120 valence electrons. The summed E-state index contributed by atoms with van der Waals surface area (Å²) in [6.45, 7) is 5.95. The highest BCUT2D eigenvalue weighted by Gasteiger charge is 2.25. The average Bonchev–Trinajstić information content (AvgIpc) is 2.45. The number of aryl methyl sites for hydroxylation is 1. The largest absolute Gasteiger partial charge is 0.481 e. The lowest BCUT2D eigenvalue weighted by Gasteiger charge is -2.37. The van der Waals surface area contributed by atoms with Gasteiger partial charge in [0.2, 0.25) is 0 Å². The maximum absolute atomic E-state index is 13.4. The summed E-state index contributed by atoms with van der Waals surface area (Å²) in [5, 5.41) is 8.83. The van der Waals surface area contributed by atoms with Crippen LogP contribution in [-0.4, -0.2) is 59.0 Å². The predicted molar refractivity (Wildman–Crippen MR) is 80.3 cm³/mol. The number of benzene rings is 1. The molecule has 0 bridgehead atoms. The Labute approximate surface area is 129 Å². The zero-order valence-corrected chi connectivity index (χ0v) is 12.9. The number of aliphatic carboxylic acids is 1. The second-order valence-electron chi connectivity index (χ2n) is 5.79. The van der Waals surface area contributed by atoms with Crippen LogP contribution in [0.1, 0.15) is 29.3 Å². The third kappa shape index (κ3) is 4.04. The summed E-state index contributed by atoms with van der Waals surface area (Å²) in [5.74, 6) is -1.40. The van der Waals surface area contributed by atoms with Gasteiger partial charge in [-0.15, -0.1) is 0 Å². The fourth-order valence-corrected chi connectivity index (χ4v) is 2.79. The van der Waals surface area contributed by atoms with Gasteiger partial charge < -0.3 is 10.0 Å². The Hall–Kier alpha value is -1.95. The van der Waals surface area contributed by atoms with E-state index >= 15 is 0 Å². The van der Waals surface area contributed by atoms with E-state index in [0.717, 1.165) is 5.56 Å². The number of carbonyl (C=O) groups is 2. The Morgan fingerprint density at radius 1 is 1.23 bits per heavy atom. The quantitative estimate of drug-likeness (QED) is 0.920. The van der Waals surface area contributed by atoms with E-state index in [4.69, 9.17) is 5.11 Å². The molecule has 1 heterocycles. The number of carboxylic acids is 1. The van der Waals surface area contributed by atoms with Gasteiger partial charge in [-0.1, -0.05) is 0 Å². The topological polar surface area (TPSA) is 60.9 Å². The molecule has 1 amide bonds. The summed E-state index contributed by atoms with van der Waals surface area (Å²) in [4.78, 5) is 26.9. The van der Waals surface area contributed by atoms with Crippen LogP contribution in [0.4, 0.5) is 4.39 Å². The fraction of sp³-hybridized carbons (Fsp3) is 0.500. The van der Waals surface area contributed by atoms with Gasteiger partial charge >= 0.3 is 5.97 Å². The molecular weight excluding hydrogens is 287 g/mol. The van der Waals surface area contributed by atoms with Crippen LogP contribution in [0, 0.1) is 12.7 Å². The van der Waals surface area contributed by atoms with E-state index in [-0.39, 0.29) is 18.4 Å². The molecule has 0 saturated carbocycles. The Morgan fingerprint density at radius 3 is 2.41 bits per heavy atom. The zero-order chi connectivity index (χ0) is 16.3. The fourth-order valence-electron chi connectivity index (χ4n) is 2.79. The van der Waals surface area contributed by atoms with E-state index in [9.17, 15) is 14.0 Å². The van der Waals surface area contributed by atoms with E-state index in [1.807, 2.05) is 6.92 Å². The first-order valence-electron chi connectivity index (χ1n) is 7.39. The number of amides is 1. The van der Waals surface area contributed by atoms with Crippen LogP contribution >= 0.6 is 0 Å². The van der Waals surface area contributed by atoms with Gasteiger partial charge in [0.25, 0.3) is 5.91 Å². The highest BCUT2D eigenvalue weighted by Crippen LogP contribution is 2.14. The monoisotopic (exact) mass is 308 g/mol. The van der Waals surface area contributed by atoms with Crippen molar-refractivity contribution < 1.29 is 19.1 Å². The Morgan fingerprint density at radius 2 is 1.86 bits per heavy atom. The minimum absolute atomic E-state index is 0.0498. The van der Waals surface area contributed by atoms with Crippen molar-refractivity contribution in [3.8, 4) is 0 Å². The highest BCUT2D eigenvalue weighted by molar-refractivity contribution is 5.94. The summed E-state index contributed by atoms with van der Waals surface area (Å²) >= 11 is 0. The van der Waals surface area contributed by atoms with Crippen molar-refractivity contribution in [1.82, 2.24) is 9.80 Å². The first kappa shape index (κ1) is 16.4. The van der Waals surface area contributed by atoms with Gasteiger partial charge in [-0.2, -0.15) is 0 Å². The molecule has 0 aromatic heterocycles. The summed E-state index contributed by atoms with van der Waals surface area (Å²) < 4.78 is 13.4. The molecule has 1 fully saturated rings. The van der Waals surface area contributed by atoms with E-state index < -0.39 is 11.8 Å².